The zero-order chi connectivity index (χ0) is 15.2. The monoisotopic (exact) mass is 281 g/mol. The van der Waals surface area contributed by atoms with Gasteiger partial charge in [-0.05, 0) is 26.7 Å². The van der Waals surface area contributed by atoms with Crippen LogP contribution in [0, 0.1) is 5.92 Å². The van der Waals surface area contributed by atoms with Crippen LogP contribution in [-0.4, -0.2) is 27.8 Å². The van der Waals surface area contributed by atoms with Crippen molar-refractivity contribution in [2.45, 2.75) is 59.6 Å². The van der Waals surface area contributed by atoms with Crippen LogP contribution in [0.3, 0.4) is 0 Å². The fourth-order valence-electron chi connectivity index (χ4n) is 1.79. The highest BCUT2D eigenvalue weighted by Gasteiger charge is 2.15. The third-order valence-corrected chi connectivity index (χ3v) is 3.05. The standard InChI is InChI=1S/C15H27N3O2/c1-6-12(2)10-18-11-16-9-13(18)7-8-17-14(19)20-15(3,4)5/h9,11-12H,6-8,10H2,1-5H3,(H,17,19). The van der Waals surface area contributed by atoms with Gasteiger partial charge in [0, 0.05) is 31.4 Å². The molecule has 1 heterocycles. The fraction of sp³-hybridized carbons (Fsp3) is 0.733. The molecule has 0 radical (unpaired) electrons. The zero-order valence-corrected chi connectivity index (χ0v) is 13.3. The lowest BCUT2D eigenvalue weighted by Gasteiger charge is -2.19. The van der Waals surface area contributed by atoms with Crippen LogP contribution in [0.2, 0.25) is 0 Å². The van der Waals surface area contributed by atoms with Gasteiger partial charge in [-0.25, -0.2) is 9.78 Å². The van der Waals surface area contributed by atoms with E-state index in [1.54, 1.807) is 0 Å². The number of hydrogen-bond acceptors (Lipinski definition) is 3. The second-order valence-corrected chi connectivity index (χ2v) is 6.23. The Balaban J connectivity index is 2.39. The Morgan fingerprint density at radius 1 is 1.50 bits per heavy atom. The lowest BCUT2D eigenvalue weighted by molar-refractivity contribution is 0.0528. The first kappa shape index (κ1) is 16.5. The Hall–Kier alpha value is -1.52. The molecular weight excluding hydrogens is 254 g/mol. The molecule has 0 aliphatic heterocycles. The first-order valence-corrected chi connectivity index (χ1v) is 7.27. The summed E-state index contributed by atoms with van der Waals surface area (Å²) in [6, 6.07) is 0. The van der Waals surface area contributed by atoms with E-state index in [0.717, 1.165) is 25.1 Å². The molecule has 0 aliphatic rings. The molecule has 1 aromatic rings. The maximum absolute atomic E-state index is 11.5. The van der Waals surface area contributed by atoms with E-state index in [1.165, 1.54) is 0 Å². The van der Waals surface area contributed by atoms with Gasteiger partial charge in [0.25, 0.3) is 0 Å². The van der Waals surface area contributed by atoms with Crippen molar-refractivity contribution in [3.63, 3.8) is 0 Å². The lowest BCUT2D eigenvalue weighted by atomic mass is 10.1. The van der Waals surface area contributed by atoms with E-state index >= 15 is 0 Å². The Kier molecular flexibility index (Phi) is 6.05. The van der Waals surface area contributed by atoms with E-state index in [9.17, 15) is 4.79 Å². The number of amides is 1. The highest BCUT2D eigenvalue weighted by Crippen LogP contribution is 2.09. The topological polar surface area (TPSA) is 56.2 Å². The fourth-order valence-corrected chi connectivity index (χ4v) is 1.79. The minimum atomic E-state index is -0.456. The summed E-state index contributed by atoms with van der Waals surface area (Å²) in [6.45, 7) is 11.5. The van der Waals surface area contributed by atoms with Crippen LogP contribution in [0.15, 0.2) is 12.5 Å². The van der Waals surface area contributed by atoms with Gasteiger partial charge in [0.1, 0.15) is 5.60 Å². The Labute approximate surface area is 121 Å². The minimum absolute atomic E-state index is 0.370. The quantitative estimate of drug-likeness (QED) is 0.872. The van der Waals surface area contributed by atoms with Crippen molar-refractivity contribution >= 4 is 6.09 Å². The molecule has 5 nitrogen and oxygen atoms in total. The van der Waals surface area contributed by atoms with Gasteiger partial charge in [0.2, 0.25) is 0 Å². The molecular formula is C15H27N3O2. The predicted molar refractivity (Wildman–Crippen MR) is 79.6 cm³/mol. The van der Waals surface area contributed by atoms with Gasteiger partial charge in [0.05, 0.1) is 6.33 Å². The summed E-state index contributed by atoms with van der Waals surface area (Å²) in [5, 5.41) is 2.77. The first-order chi connectivity index (χ1) is 9.31. The van der Waals surface area contributed by atoms with E-state index in [0.29, 0.717) is 12.5 Å². The molecule has 1 atom stereocenters. The molecule has 114 valence electrons. The summed E-state index contributed by atoms with van der Waals surface area (Å²) in [7, 11) is 0. The molecule has 0 fully saturated rings. The summed E-state index contributed by atoms with van der Waals surface area (Å²) >= 11 is 0. The van der Waals surface area contributed by atoms with E-state index in [4.69, 9.17) is 4.74 Å². The molecule has 5 heteroatoms. The molecule has 1 unspecified atom stereocenters. The van der Waals surface area contributed by atoms with Gasteiger partial charge >= 0.3 is 6.09 Å². The number of alkyl carbamates (subject to hydrolysis) is 1. The Morgan fingerprint density at radius 2 is 2.20 bits per heavy atom. The molecule has 0 aliphatic carbocycles. The number of hydrogen-bond donors (Lipinski definition) is 1. The number of imidazole rings is 1. The van der Waals surface area contributed by atoms with Crippen LogP contribution in [0.1, 0.15) is 46.7 Å². The normalized spacial score (nSPS) is 13.1. The van der Waals surface area contributed by atoms with Crippen molar-refractivity contribution in [3.8, 4) is 0 Å². The Bertz CT molecular complexity index is 421. The molecule has 1 aromatic heterocycles. The maximum Gasteiger partial charge on any atom is 0.407 e. The minimum Gasteiger partial charge on any atom is -0.444 e. The smallest absolute Gasteiger partial charge is 0.407 e. The molecule has 1 N–H and O–H groups in total. The predicted octanol–water partition coefficient (Wildman–Crippen LogP) is 3.00. The number of carbonyl (C=O) groups excluding carboxylic acids is 1. The van der Waals surface area contributed by atoms with Crippen LogP contribution in [0.5, 0.6) is 0 Å². The maximum atomic E-state index is 11.5. The van der Waals surface area contributed by atoms with Crippen LogP contribution >= 0.6 is 0 Å². The molecule has 1 rings (SSSR count). The van der Waals surface area contributed by atoms with Gasteiger partial charge in [-0.1, -0.05) is 20.3 Å². The van der Waals surface area contributed by atoms with Crippen molar-refractivity contribution in [2.24, 2.45) is 5.92 Å². The third-order valence-electron chi connectivity index (χ3n) is 3.05. The van der Waals surface area contributed by atoms with Crippen LogP contribution < -0.4 is 5.32 Å². The van der Waals surface area contributed by atoms with Crippen molar-refractivity contribution in [2.75, 3.05) is 6.54 Å². The van der Waals surface area contributed by atoms with Gasteiger partial charge in [-0.2, -0.15) is 0 Å². The first-order valence-electron chi connectivity index (χ1n) is 7.27. The number of carbonyl (C=O) groups is 1. The van der Waals surface area contributed by atoms with Gasteiger partial charge < -0.3 is 14.6 Å². The average molecular weight is 281 g/mol. The highest BCUT2D eigenvalue weighted by atomic mass is 16.6. The molecule has 0 spiro atoms. The van der Waals surface area contributed by atoms with Crippen LogP contribution in [0.4, 0.5) is 4.79 Å². The number of nitrogens with one attached hydrogen (secondary N) is 1. The second-order valence-electron chi connectivity index (χ2n) is 6.23. The second kappa shape index (κ2) is 7.31. The van der Waals surface area contributed by atoms with Gasteiger partial charge in [0.15, 0.2) is 0 Å². The van der Waals surface area contributed by atoms with E-state index in [1.807, 2.05) is 33.3 Å². The lowest BCUT2D eigenvalue weighted by Crippen LogP contribution is -2.33. The third kappa shape index (κ3) is 6.08. The summed E-state index contributed by atoms with van der Waals surface area (Å²) in [5.41, 5.74) is 0.684. The largest absolute Gasteiger partial charge is 0.444 e. The number of ether oxygens (including phenoxy) is 1. The summed E-state index contributed by atoms with van der Waals surface area (Å²) in [4.78, 5) is 15.7. The summed E-state index contributed by atoms with van der Waals surface area (Å²) in [5.74, 6) is 0.627. The number of nitrogens with zero attached hydrogens (tertiary/aromatic N) is 2. The molecule has 0 saturated carbocycles. The molecule has 0 bridgehead atoms. The molecule has 0 aromatic carbocycles. The Morgan fingerprint density at radius 3 is 2.80 bits per heavy atom. The van der Waals surface area contributed by atoms with Crippen LogP contribution in [0.25, 0.3) is 0 Å². The van der Waals surface area contributed by atoms with Crippen molar-refractivity contribution in [1.29, 1.82) is 0 Å². The van der Waals surface area contributed by atoms with Crippen molar-refractivity contribution in [1.82, 2.24) is 14.9 Å². The average Bonchev–Trinajstić information content (AvgIpc) is 2.74. The highest BCUT2D eigenvalue weighted by molar-refractivity contribution is 5.67. The van der Waals surface area contributed by atoms with Gasteiger partial charge in [-0.3, -0.25) is 0 Å². The van der Waals surface area contributed by atoms with E-state index in [2.05, 4.69) is 28.7 Å². The molecule has 20 heavy (non-hydrogen) atoms. The van der Waals surface area contributed by atoms with E-state index < -0.39 is 5.60 Å². The van der Waals surface area contributed by atoms with Crippen LogP contribution in [-0.2, 0) is 17.7 Å². The summed E-state index contributed by atoms with van der Waals surface area (Å²) in [6.07, 6.45) is 5.25. The number of rotatable bonds is 6. The van der Waals surface area contributed by atoms with Gasteiger partial charge in [-0.15, -0.1) is 0 Å². The molecule has 1 amide bonds. The SMILES string of the molecule is CCC(C)Cn1cncc1CCNC(=O)OC(C)(C)C. The van der Waals surface area contributed by atoms with Crippen molar-refractivity contribution < 1.29 is 9.53 Å². The number of aromatic nitrogens is 2. The molecule has 0 saturated heterocycles. The zero-order valence-electron chi connectivity index (χ0n) is 13.3. The summed E-state index contributed by atoms with van der Waals surface area (Å²) < 4.78 is 7.35. The van der Waals surface area contributed by atoms with E-state index in [-0.39, 0.29) is 6.09 Å². The van der Waals surface area contributed by atoms with Crippen molar-refractivity contribution in [3.05, 3.63) is 18.2 Å².